The maximum absolute atomic E-state index is 12.8. The fourth-order valence-electron chi connectivity index (χ4n) is 3.87. The summed E-state index contributed by atoms with van der Waals surface area (Å²) in [5, 5.41) is 3.60. The summed E-state index contributed by atoms with van der Waals surface area (Å²) in [6.45, 7) is 8.21. The number of carbonyl (C=O) groups excluding carboxylic acids is 2. The molecule has 0 atom stereocenters. The molecule has 0 radical (unpaired) electrons. The van der Waals surface area contributed by atoms with Crippen LogP contribution in [-0.4, -0.2) is 24.0 Å². The highest BCUT2D eigenvalue weighted by atomic mass is 35.5. The predicted molar refractivity (Wildman–Crippen MR) is 104 cm³/mol. The molecule has 1 N–H and O–H groups in total. The van der Waals surface area contributed by atoms with Gasteiger partial charge in [-0.3, -0.25) is 4.79 Å². The van der Waals surface area contributed by atoms with Crippen molar-refractivity contribution >= 4 is 23.5 Å². The first-order valence-corrected chi connectivity index (χ1v) is 9.93. The Morgan fingerprint density at radius 2 is 1.88 bits per heavy atom. The van der Waals surface area contributed by atoms with Crippen LogP contribution in [0.2, 0.25) is 5.02 Å². The average Bonchev–Trinajstić information content (AvgIpc) is 2.59. The van der Waals surface area contributed by atoms with Gasteiger partial charge in [0.25, 0.3) is 0 Å². The second-order valence-electron chi connectivity index (χ2n) is 7.42. The van der Waals surface area contributed by atoms with Crippen molar-refractivity contribution in [3.8, 4) is 0 Å². The van der Waals surface area contributed by atoms with Gasteiger partial charge in [-0.2, -0.15) is 0 Å². The molecule has 0 bridgehead atoms. The van der Waals surface area contributed by atoms with Gasteiger partial charge in [0.15, 0.2) is 0 Å². The minimum atomic E-state index is -0.899. The quantitative estimate of drug-likeness (QED) is 0.739. The summed E-state index contributed by atoms with van der Waals surface area (Å²) in [6.07, 6.45) is 4.40. The maximum Gasteiger partial charge on any atom is 0.331 e. The monoisotopic (exact) mass is 379 g/mol. The molecule has 0 aliphatic heterocycles. The molecule has 0 unspecified atom stereocenters. The molecule has 5 heteroatoms. The number of hydrogen-bond donors (Lipinski definition) is 1. The molecular weight excluding hydrogens is 350 g/mol. The third-order valence-corrected chi connectivity index (χ3v) is 5.82. The zero-order valence-electron chi connectivity index (χ0n) is 16.3. The Morgan fingerprint density at radius 1 is 1.23 bits per heavy atom. The second-order valence-corrected chi connectivity index (χ2v) is 7.83. The highest BCUT2D eigenvalue weighted by Crippen LogP contribution is 2.35. The molecule has 0 spiro atoms. The number of carbonyl (C=O) groups is 2. The fourth-order valence-corrected chi connectivity index (χ4v) is 4.26. The molecule has 1 fully saturated rings. The molecule has 1 saturated carbocycles. The van der Waals surface area contributed by atoms with E-state index in [4.69, 9.17) is 16.3 Å². The standard InChI is InChI=1S/C21H30ClNO3/c1-5-16-7-9-21(10-8-16,20(25)26-6-2)23-19(24)13-17-15(4)11-14(3)12-18(17)22/h11-12,16H,5-10,13H2,1-4H3,(H,23,24). The lowest BCUT2D eigenvalue weighted by Gasteiger charge is -2.38. The molecule has 0 heterocycles. The van der Waals surface area contributed by atoms with Crippen molar-refractivity contribution in [2.75, 3.05) is 6.61 Å². The highest BCUT2D eigenvalue weighted by Gasteiger charge is 2.44. The van der Waals surface area contributed by atoms with Gasteiger partial charge in [0.2, 0.25) is 5.91 Å². The van der Waals surface area contributed by atoms with Gasteiger partial charge in [-0.25, -0.2) is 4.79 Å². The largest absolute Gasteiger partial charge is 0.464 e. The molecule has 4 nitrogen and oxygen atoms in total. The van der Waals surface area contributed by atoms with Gasteiger partial charge in [-0.15, -0.1) is 0 Å². The van der Waals surface area contributed by atoms with Crippen LogP contribution in [-0.2, 0) is 20.7 Å². The summed E-state index contributed by atoms with van der Waals surface area (Å²) in [5.74, 6) is 0.125. The number of benzene rings is 1. The van der Waals surface area contributed by atoms with E-state index in [-0.39, 0.29) is 18.3 Å². The van der Waals surface area contributed by atoms with Gasteiger partial charge in [0.05, 0.1) is 13.0 Å². The lowest BCUT2D eigenvalue weighted by Crippen LogP contribution is -2.57. The molecule has 2 rings (SSSR count). The summed E-state index contributed by atoms with van der Waals surface area (Å²) in [7, 11) is 0. The minimum Gasteiger partial charge on any atom is -0.464 e. The van der Waals surface area contributed by atoms with Gasteiger partial charge in [-0.1, -0.05) is 31.0 Å². The van der Waals surface area contributed by atoms with E-state index < -0.39 is 5.54 Å². The summed E-state index contributed by atoms with van der Waals surface area (Å²) in [4.78, 5) is 25.4. The van der Waals surface area contributed by atoms with Crippen molar-refractivity contribution < 1.29 is 14.3 Å². The number of esters is 1. The molecule has 1 aromatic carbocycles. The van der Waals surface area contributed by atoms with Crippen molar-refractivity contribution in [2.24, 2.45) is 5.92 Å². The van der Waals surface area contributed by atoms with Crippen LogP contribution >= 0.6 is 11.6 Å². The van der Waals surface area contributed by atoms with Gasteiger partial charge in [-0.05, 0) is 75.1 Å². The molecule has 1 amide bonds. The molecule has 1 aliphatic carbocycles. The van der Waals surface area contributed by atoms with Crippen LogP contribution in [0.25, 0.3) is 0 Å². The van der Waals surface area contributed by atoms with Gasteiger partial charge >= 0.3 is 5.97 Å². The van der Waals surface area contributed by atoms with E-state index in [0.29, 0.717) is 30.4 Å². The number of hydrogen-bond acceptors (Lipinski definition) is 3. The van der Waals surface area contributed by atoms with Crippen molar-refractivity contribution in [3.63, 3.8) is 0 Å². The van der Waals surface area contributed by atoms with Gasteiger partial charge in [0, 0.05) is 5.02 Å². The predicted octanol–water partition coefficient (Wildman–Crippen LogP) is 4.52. The Labute approximate surface area is 161 Å². The van der Waals surface area contributed by atoms with E-state index in [1.165, 1.54) is 0 Å². The van der Waals surface area contributed by atoms with Crippen LogP contribution in [0.15, 0.2) is 12.1 Å². The topological polar surface area (TPSA) is 55.4 Å². The Hall–Kier alpha value is -1.55. The van der Waals surface area contributed by atoms with E-state index in [0.717, 1.165) is 36.0 Å². The van der Waals surface area contributed by atoms with Crippen molar-refractivity contribution in [3.05, 3.63) is 33.8 Å². The van der Waals surface area contributed by atoms with E-state index in [1.807, 2.05) is 26.0 Å². The zero-order valence-corrected chi connectivity index (χ0v) is 17.0. The number of nitrogens with one attached hydrogen (secondary N) is 1. The first kappa shape index (κ1) is 20.8. The molecule has 0 saturated heterocycles. The number of ether oxygens (including phenoxy) is 1. The molecule has 1 aliphatic rings. The first-order valence-electron chi connectivity index (χ1n) is 9.55. The Balaban J connectivity index is 2.15. The summed E-state index contributed by atoms with van der Waals surface area (Å²) in [5.41, 5.74) is 1.97. The van der Waals surface area contributed by atoms with Crippen molar-refractivity contribution in [1.82, 2.24) is 5.32 Å². The van der Waals surface area contributed by atoms with Crippen LogP contribution < -0.4 is 5.32 Å². The first-order chi connectivity index (χ1) is 12.3. The Kier molecular flexibility index (Phi) is 7.10. The average molecular weight is 380 g/mol. The minimum absolute atomic E-state index is 0.170. The van der Waals surface area contributed by atoms with Crippen LogP contribution in [0.4, 0.5) is 0 Å². The van der Waals surface area contributed by atoms with E-state index in [9.17, 15) is 9.59 Å². The summed E-state index contributed by atoms with van der Waals surface area (Å²) in [6, 6.07) is 3.88. The number of halogens is 1. The smallest absolute Gasteiger partial charge is 0.331 e. The Bertz CT molecular complexity index is 640. The summed E-state index contributed by atoms with van der Waals surface area (Å²) >= 11 is 6.33. The van der Waals surface area contributed by atoms with Crippen LogP contribution in [0.5, 0.6) is 0 Å². The molecule has 0 aromatic heterocycles. The number of rotatable bonds is 6. The number of amides is 1. The van der Waals surface area contributed by atoms with Crippen LogP contribution in [0, 0.1) is 19.8 Å². The van der Waals surface area contributed by atoms with Crippen LogP contribution in [0.3, 0.4) is 0 Å². The third kappa shape index (κ3) is 4.79. The van der Waals surface area contributed by atoms with Gasteiger partial charge < -0.3 is 10.1 Å². The van der Waals surface area contributed by atoms with Gasteiger partial charge in [0.1, 0.15) is 5.54 Å². The molecule has 144 valence electrons. The fraction of sp³-hybridized carbons (Fsp3) is 0.619. The maximum atomic E-state index is 12.8. The second kappa shape index (κ2) is 8.90. The van der Waals surface area contributed by atoms with Crippen molar-refractivity contribution in [1.29, 1.82) is 0 Å². The van der Waals surface area contributed by atoms with E-state index in [2.05, 4.69) is 12.2 Å². The zero-order chi connectivity index (χ0) is 19.3. The van der Waals surface area contributed by atoms with E-state index in [1.54, 1.807) is 6.92 Å². The lowest BCUT2D eigenvalue weighted by molar-refractivity contribution is -0.155. The third-order valence-electron chi connectivity index (χ3n) is 5.48. The Morgan fingerprint density at radius 3 is 2.42 bits per heavy atom. The molecule has 26 heavy (non-hydrogen) atoms. The lowest BCUT2D eigenvalue weighted by atomic mass is 9.75. The van der Waals surface area contributed by atoms with Crippen LogP contribution in [0.1, 0.15) is 62.6 Å². The SMILES string of the molecule is CCOC(=O)C1(NC(=O)Cc2c(C)cc(C)cc2Cl)CCC(CC)CC1. The van der Waals surface area contributed by atoms with E-state index >= 15 is 0 Å². The van der Waals surface area contributed by atoms with Crippen molar-refractivity contribution in [2.45, 2.75) is 71.8 Å². The highest BCUT2D eigenvalue weighted by molar-refractivity contribution is 6.31. The molecular formula is C21H30ClNO3. The number of aryl methyl sites for hydroxylation is 2. The molecule has 1 aromatic rings. The summed E-state index contributed by atoms with van der Waals surface area (Å²) < 4.78 is 5.29. The normalized spacial score (nSPS) is 22.7.